The Morgan fingerprint density at radius 1 is 0.780 bits per heavy atom. The largest absolute Gasteiger partial charge is 0.379 e. The number of Topliss-reactive ketones (excluding diaryl/α,β-unsaturated/α-hetero) is 1. The zero-order valence-electron chi connectivity index (χ0n) is 24.6. The summed E-state index contributed by atoms with van der Waals surface area (Å²) in [6.45, 7) is 8.09. The van der Waals surface area contributed by atoms with Crippen molar-refractivity contribution in [3.8, 4) is 0 Å². The summed E-state index contributed by atoms with van der Waals surface area (Å²) >= 11 is 0. The molecule has 0 aromatic carbocycles. The number of carbonyl (C=O) groups is 6. The minimum atomic E-state index is -0.724. The van der Waals surface area contributed by atoms with Crippen LogP contribution in [0.4, 0.5) is 0 Å². The molecule has 14 nitrogen and oxygen atoms in total. The van der Waals surface area contributed by atoms with E-state index in [1.54, 1.807) is 20.9 Å². The van der Waals surface area contributed by atoms with Crippen molar-refractivity contribution in [2.24, 2.45) is 5.92 Å². The average molecular weight is 587 g/mol. The summed E-state index contributed by atoms with van der Waals surface area (Å²) in [5.41, 5.74) is 0. The lowest BCUT2D eigenvalue weighted by atomic mass is 10.0. The average Bonchev–Trinajstić information content (AvgIpc) is 2.93. The van der Waals surface area contributed by atoms with Crippen molar-refractivity contribution in [3.63, 3.8) is 0 Å². The molecular formula is C27H46N4O10. The first-order valence-electron chi connectivity index (χ1n) is 13.6. The predicted octanol–water partition coefficient (Wildman–Crippen LogP) is -0.991. The van der Waals surface area contributed by atoms with Crippen LogP contribution in [0.2, 0.25) is 0 Å². The number of amides is 4. The van der Waals surface area contributed by atoms with Gasteiger partial charge in [-0.2, -0.15) is 0 Å². The number of nitrogens with zero attached hydrogens (tertiary/aromatic N) is 1. The number of allylic oxidation sites excluding steroid dienone is 1. The highest BCUT2D eigenvalue weighted by Crippen LogP contribution is 2.02. The zero-order chi connectivity index (χ0) is 30.9. The summed E-state index contributed by atoms with van der Waals surface area (Å²) in [6.07, 6.45) is 2.99. The fraction of sp³-hybridized carbons (Fsp3) is 0.704. The van der Waals surface area contributed by atoms with E-state index in [2.05, 4.69) is 16.0 Å². The molecule has 0 spiro atoms. The Balaban J connectivity index is 3.62. The molecule has 0 radical (unpaired) electrons. The normalized spacial score (nSPS) is 11.7. The quantitative estimate of drug-likeness (QED) is 0.0683. The highest BCUT2D eigenvalue weighted by molar-refractivity contribution is 5.91. The zero-order valence-corrected chi connectivity index (χ0v) is 24.6. The molecule has 0 aliphatic heterocycles. The molecule has 1 atom stereocenters. The van der Waals surface area contributed by atoms with Crippen LogP contribution in [0.3, 0.4) is 0 Å². The van der Waals surface area contributed by atoms with Gasteiger partial charge in [0, 0.05) is 39.1 Å². The molecule has 0 aromatic heterocycles. The Labute approximate surface area is 241 Å². The van der Waals surface area contributed by atoms with Gasteiger partial charge in [0.05, 0.1) is 59.4 Å². The number of hydrogen-bond acceptors (Lipinski definition) is 10. The highest BCUT2D eigenvalue weighted by Gasteiger charge is 2.24. The van der Waals surface area contributed by atoms with E-state index in [4.69, 9.17) is 18.9 Å². The van der Waals surface area contributed by atoms with Gasteiger partial charge in [-0.1, -0.05) is 13.8 Å². The molecule has 0 aliphatic carbocycles. The topological polar surface area (TPSA) is 179 Å². The second-order valence-corrected chi connectivity index (χ2v) is 9.26. The molecule has 0 fully saturated rings. The summed E-state index contributed by atoms with van der Waals surface area (Å²) < 4.78 is 21.6. The SMILES string of the molecule is CC(=O)CNC(=O)C(NC(=O)CCOCCOCCOCCOCCNC(=O)CCN(C)C(=O)/C=C\C=O)C(C)C. The van der Waals surface area contributed by atoms with E-state index in [1.807, 2.05) is 0 Å². The van der Waals surface area contributed by atoms with Gasteiger partial charge in [0.2, 0.25) is 23.6 Å². The van der Waals surface area contributed by atoms with Gasteiger partial charge in [0.15, 0.2) is 0 Å². The summed E-state index contributed by atoms with van der Waals surface area (Å²) in [5, 5.41) is 7.87. The first-order valence-corrected chi connectivity index (χ1v) is 13.6. The van der Waals surface area contributed by atoms with E-state index in [0.29, 0.717) is 59.1 Å². The van der Waals surface area contributed by atoms with Crippen molar-refractivity contribution in [3.05, 3.63) is 12.2 Å². The summed E-state index contributed by atoms with van der Waals surface area (Å²) in [7, 11) is 1.55. The molecule has 0 saturated heterocycles. The maximum Gasteiger partial charge on any atom is 0.246 e. The molecule has 234 valence electrons. The van der Waals surface area contributed by atoms with E-state index < -0.39 is 11.9 Å². The number of hydrogen-bond donors (Lipinski definition) is 3. The van der Waals surface area contributed by atoms with Crippen LogP contribution >= 0.6 is 0 Å². The second-order valence-electron chi connectivity index (χ2n) is 9.26. The van der Waals surface area contributed by atoms with Gasteiger partial charge in [0.1, 0.15) is 18.1 Å². The van der Waals surface area contributed by atoms with Crippen molar-refractivity contribution >= 4 is 35.7 Å². The van der Waals surface area contributed by atoms with Crippen LogP contribution in [0.15, 0.2) is 12.2 Å². The van der Waals surface area contributed by atoms with Crippen LogP contribution in [0.1, 0.15) is 33.6 Å². The van der Waals surface area contributed by atoms with Gasteiger partial charge < -0.3 is 39.8 Å². The number of ketones is 1. The minimum Gasteiger partial charge on any atom is -0.379 e. The fourth-order valence-corrected chi connectivity index (χ4v) is 3.01. The van der Waals surface area contributed by atoms with Gasteiger partial charge in [-0.05, 0) is 18.9 Å². The molecule has 0 heterocycles. The number of nitrogens with one attached hydrogen (secondary N) is 3. The van der Waals surface area contributed by atoms with Gasteiger partial charge in [-0.25, -0.2) is 0 Å². The third-order valence-corrected chi connectivity index (χ3v) is 5.30. The molecule has 4 amide bonds. The lowest BCUT2D eigenvalue weighted by Crippen LogP contribution is -2.50. The van der Waals surface area contributed by atoms with Crippen LogP contribution in [0, 0.1) is 5.92 Å². The Bertz CT molecular complexity index is 835. The summed E-state index contributed by atoms with van der Waals surface area (Å²) in [4.78, 5) is 70.2. The smallest absolute Gasteiger partial charge is 0.246 e. The lowest BCUT2D eigenvalue weighted by molar-refractivity contribution is -0.131. The van der Waals surface area contributed by atoms with E-state index in [9.17, 15) is 28.8 Å². The summed E-state index contributed by atoms with van der Waals surface area (Å²) in [6, 6.07) is -0.724. The number of carbonyl (C=O) groups excluding carboxylic acids is 6. The molecule has 0 saturated carbocycles. The van der Waals surface area contributed by atoms with Crippen LogP contribution in [0.25, 0.3) is 0 Å². The van der Waals surface area contributed by atoms with Crippen LogP contribution < -0.4 is 16.0 Å². The molecule has 0 aromatic rings. The number of ether oxygens (including phenoxy) is 4. The Morgan fingerprint density at radius 2 is 1.34 bits per heavy atom. The maximum atomic E-state index is 12.1. The summed E-state index contributed by atoms with van der Waals surface area (Å²) in [5.74, 6) is -1.57. The van der Waals surface area contributed by atoms with Crippen LogP contribution in [0.5, 0.6) is 0 Å². The van der Waals surface area contributed by atoms with Crippen molar-refractivity contribution in [1.82, 2.24) is 20.9 Å². The molecule has 0 aliphatic rings. The standard InChI is InChI=1S/C27H46N4O10/c1-21(2)26(27(37)29-20-22(3)33)30-24(35)8-12-38-14-16-40-18-19-41-17-15-39-13-9-28-23(34)7-10-31(4)25(36)6-5-11-32/h5-6,11,21,26H,7-10,12-20H2,1-4H3,(H,28,34)(H,29,37)(H,30,35)/b6-5-. The predicted molar refractivity (Wildman–Crippen MR) is 149 cm³/mol. The molecule has 14 heteroatoms. The van der Waals surface area contributed by atoms with E-state index in [-0.39, 0.29) is 62.0 Å². The van der Waals surface area contributed by atoms with Crippen molar-refractivity contribution in [1.29, 1.82) is 0 Å². The van der Waals surface area contributed by atoms with Crippen LogP contribution in [-0.4, -0.2) is 126 Å². The Hall–Kier alpha value is -3.20. The van der Waals surface area contributed by atoms with E-state index in [1.165, 1.54) is 11.8 Å². The molecule has 41 heavy (non-hydrogen) atoms. The van der Waals surface area contributed by atoms with Gasteiger partial charge in [0.25, 0.3) is 0 Å². The van der Waals surface area contributed by atoms with E-state index >= 15 is 0 Å². The lowest BCUT2D eigenvalue weighted by Gasteiger charge is -2.21. The first kappa shape index (κ1) is 37.8. The van der Waals surface area contributed by atoms with Gasteiger partial charge >= 0.3 is 0 Å². The molecule has 0 bridgehead atoms. The van der Waals surface area contributed by atoms with Gasteiger partial charge in [-0.3, -0.25) is 28.8 Å². The second kappa shape index (κ2) is 24.6. The highest BCUT2D eigenvalue weighted by atomic mass is 16.6. The fourth-order valence-electron chi connectivity index (χ4n) is 3.01. The van der Waals surface area contributed by atoms with Gasteiger partial charge in [-0.15, -0.1) is 0 Å². The molecule has 1 unspecified atom stereocenters. The van der Waals surface area contributed by atoms with Crippen molar-refractivity contribution < 1.29 is 47.7 Å². The molecule has 0 rings (SSSR count). The Kier molecular flexibility index (Phi) is 22.7. The number of rotatable bonds is 25. The molecule has 3 N–H and O–H groups in total. The monoisotopic (exact) mass is 586 g/mol. The Morgan fingerprint density at radius 3 is 1.88 bits per heavy atom. The maximum absolute atomic E-state index is 12.1. The third-order valence-electron chi connectivity index (χ3n) is 5.30. The number of likely N-dealkylation sites (N-methyl/N-ethyl adjacent to an activating group) is 1. The number of aldehydes is 1. The third kappa shape index (κ3) is 22.2. The van der Waals surface area contributed by atoms with Crippen LogP contribution in [-0.2, 0) is 47.7 Å². The molecular weight excluding hydrogens is 540 g/mol. The van der Waals surface area contributed by atoms with Crippen molar-refractivity contribution in [2.45, 2.75) is 39.7 Å². The first-order chi connectivity index (χ1) is 19.6. The van der Waals surface area contributed by atoms with Crippen molar-refractivity contribution in [2.75, 3.05) is 79.5 Å². The minimum absolute atomic E-state index is 0.0722. The van der Waals surface area contributed by atoms with E-state index in [0.717, 1.165) is 12.2 Å².